The predicted octanol–water partition coefficient (Wildman–Crippen LogP) is 8.88. The van der Waals surface area contributed by atoms with Crippen molar-refractivity contribution in [1.82, 2.24) is 0 Å². The number of esters is 3. The highest BCUT2D eigenvalue weighted by Crippen LogP contribution is 2.33. The summed E-state index contributed by atoms with van der Waals surface area (Å²) < 4.78 is 118. The van der Waals surface area contributed by atoms with E-state index in [2.05, 4.69) is 72.7 Å². The Morgan fingerprint density at radius 1 is 0.397 bits per heavy atom. The van der Waals surface area contributed by atoms with Gasteiger partial charge in [-0.1, -0.05) is 91.0 Å². The molecule has 78 heavy (non-hydrogen) atoms. The Morgan fingerprint density at radius 2 is 0.769 bits per heavy atom. The third kappa shape index (κ3) is 25.2. The topological polar surface area (TPSA) is 231 Å². The number of thioether (sulfide) groups is 3. The zero-order chi connectivity index (χ0) is 56.5. The van der Waals surface area contributed by atoms with Crippen molar-refractivity contribution in [2.24, 2.45) is 0 Å². The van der Waals surface area contributed by atoms with Gasteiger partial charge in [0.15, 0.2) is 0 Å². The third-order valence-corrected chi connectivity index (χ3v) is 13.9. The van der Waals surface area contributed by atoms with Gasteiger partial charge in [0.05, 0.1) is 19.8 Å². The van der Waals surface area contributed by atoms with Gasteiger partial charge in [-0.2, -0.15) is 62.9 Å². The summed E-state index contributed by atoms with van der Waals surface area (Å²) >= 11 is 2.42. The van der Waals surface area contributed by atoms with Crippen LogP contribution in [0.25, 0.3) is 32.3 Å². The lowest BCUT2D eigenvalue weighted by Crippen LogP contribution is -2.29. The SMILES string of the molecule is O=C(OCCOCCOc1ccc2ccccc2c1)C(F)(F)SOO[O-].O=C(OCCSCCOc1ccc2ccccc2c1)C(F)(F)SOO[O-].O=C(OCCSCCSc1ccc2ccccc2c1)C(F)(F)SOO[O-]. The molecule has 0 saturated carbocycles. The summed E-state index contributed by atoms with van der Waals surface area (Å²) in [5, 5.41) is 31.4. The van der Waals surface area contributed by atoms with Gasteiger partial charge in [0, 0.05) is 33.7 Å². The molecule has 6 rings (SSSR count). The van der Waals surface area contributed by atoms with E-state index < -0.39 is 69.8 Å². The molecule has 0 bridgehead atoms. The van der Waals surface area contributed by atoms with E-state index in [0.717, 1.165) is 43.7 Å². The minimum Gasteiger partial charge on any atom is -0.691 e. The van der Waals surface area contributed by atoms with Crippen LogP contribution in [0.1, 0.15) is 0 Å². The fourth-order valence-corrected chi connectivity index (χ4v) is 8.98. The number of ether oxygens (including phenoxy) is 6. The molecular formula is C48H45F6O18S6-3. The standard InChI is InChI=1S/C16H16F2O7S.C16H16F2O6S2.C16H16F2O5S3/c17-16(18,26-25-24-20)15(19)23-10-8-21-7-9-22-14-6-5-12-3-1-2-4-13(12)11-14;17-16(18,26-24-23-20)15(19)22-8-10-25-9-7-21-14-6-5-12-3-1-2-4-13(12)11-14;17-16(18,26-23-22-20)15(19)21-7-8-24-9-10-25-14-6-5-12-3-1-2-4-13(12)11-14/h3*1-6,11,20H,7-10H2/p-3. The highest BCUT2D eigenvalue weighted by atomic mass is 32.2. The quantitative estimate of drug-likeness (QED) is 0.00547. The van der Waals surface area contributed by atoms with Gasteiger partial charge in [-0.25, -0.2) is 14.4 Å². The fraction of sp³-hybridized carbons (Fsp3) is 0.312. The molecule has 0 heterocycles. The van der Waals surface area contributed by atoms with Gasteiger partial charge < -0.3 is 44.2 Å². The van der Waals surface area contributed by atoms with E-state index in [0.29, 0.717) is 29.6 Å². The third-order valence-electron chi connectivity index (χ3n) is 9.25. The second-order valence-electron chi connectivity index (χ2n) is 14.5. The lowest BCUT2D eigenvalue weighted by Gasteiger charge is -2.14. The first-order chi connectivity index (χ1) is 37.6. The zero-order valence-electron chi connectivity index (χ0n) is 40.2. The fourth-order valence-electron chi connectivity index (χ4n) is 5.84. The number of fused-ring (bicyclic) bond motifs is 3. The number of benzene rings is 6. The number of halogens is 6. The van der Waals surface area contributed by atoms with Crippen LogP contribution in [0.2, 0.25) is 0 Å². The lowest BCUT2D eigenvalue weighted by molar-refractivity contribution is -0.777. The molecule has 30 heteroatoms. The van der Waals surface area contributed by atoms with Crippen molar-refractivity contribution in [1.29, 1.82) is 0 Å². The van der Waals surface area contributed by atoms with Crippen LogP contribution in [-0.2, 0) is 61.4 Å². The van der Waals surface area contributed by atoms with E-state index >= 15 is 0 Å². The molecule has 0 aromatic heterocycles. The normalized spacial score (nSPS) is 11.6. The summed E-state index contributed by atoms with van der Waals surface area (Å²) in [5.74, 6) is -1.07. The minimum absolute atomic E-state index is 0.0908. The van der Waals surface area contributed by atoms with Gasteiger partial charge in [0.25, 0.3) is 0 Å². The smallest absolute Gasteiger partial charge is 0.415 e. The molecule has 18 nitrogen and oxygen atoms in total. The summed E-state index contributed by atoms with van der Waals surface area (Å²) in [7, 11) is 0. The van der Waals surface area contributed by atoms with Crippen molar-refractivity contribution in [3.63, 3.8) is 0 Å². The number of rotatable bonds is 33. The largest absolute Gasteiger partial charge is 0.691 e. The highest BCUT2D eigenvalue weighted by molar-refractivity contribution is 8.03. The predicted molar refractivity (Wildman–Crippen MR) is 276 cm³/mol. The van der Waals surface area contributed by atoms with Crippen LogP contribution in [-0.4, -0.2) is 109 Å². The average molecular weight is 1220 g/mol. The van der Waals surface area contributed by atoms with Gasteiger partial charge in [0.1, 0.15) is 74.1 Å². The van der Waals surface area contributed by atoms with E-state index in [1.54, 1.807) is 11.8 Å². The summed E-state index contributed by atoms with van der Waals surface area (Å²) in [5.41, 5.74) is 0. The van der Waals surface area contributed by atoms with Gasteiger partial charge in [0.2, 0.25) is 0 Å². The molecule has 0 aliphatic carbocycles. The molecule has 0 spiro atoms. The molecule has 0 radical (unpaired) electrons. The molecular weight excluding hydrogens is 1170 g/mol. The molecule has 0 N–H and O–H groups in total. The Morgan fingerprint density at radius 3 is 1.23 bits per heavy atom. The first kappa shape index (κ1) is 65.9. The van der Waals surface area contributed by atoms with Crippen LogP contribution in [0.4, 0.5) is 26.3 Å². The van der Waals surface area contributed by atoms with Crippen molar-refractivity contribution in [2.45, 2.75) is 20.7 Å². The molecule has 0 amide bonds. The van der Waals surface area contributed by atoms with Gasteiger partial charge in [-0.3, -0.25) is 15.1 Å². The number of carbonyl (C=O) groups is 3. The summed E-state index contributed by atoms with van der Waals surface area (Å²) in [4.78, 5) is 34.4. The van der Waals surface area contributed by atoms with E-state index in [4.69, 9.17) is 14.2 Å². The number of hydrogen-bond acceptors (Lipinski definition) is 24. The Bertz CT molecular complexity index is 2440. The number of carbonyl (C=O) groups excluding carboxylic acids is 3. The summed E-state index contributed by atoms with van der Waals surface area (Å²) in [6, 6.07) is 41.6. The lowest BCUT2D eigenvalue weighted by atomic mass is 10.1. The van der Waals surface area contributed by atoms with Crippen molar-refractivity contribution >= 4 is 122 Å². The molecule has 0 fully saturated rings. The maximum Gasteiger partial charge on any atom is 0.415 e. The van der Waals surface area contributed by atoms with E-state index in [1.165, 1.54) is 34.3 Å². The van der Waals surface area contributed by atoms with E-state index in [9.17, 15) is 56.5 Å². The van der Waals surface area contributed by atoms with Crippen LogP contribution in [0.3, 0.4) is 0 Å². The van der Waals surface area contributed by atoms with Gasteiger partial charge in [-0.15, -0.1) is 11.8 Å². The van der Waals surface area contributed by atoms with Crippen molar-refractivity contribution in [3.05, 3.63) is 127 Å². The van der Waals surface area contributed by atoms with Crippen molar-refractivity contribution in [2.75, 3.05) is 75.0 Å². The monoisotopic (exact) mass is 1220 g/mol. The van der Waals surface area contributed by atoms with Crippen LogP contribution < -0.4 is 25.2 Å². The number of alkyl halides is 6. The van der Waals surface area contributed by atoms with E-state index in [1.807, 2.05) is 97.1 Å². The van der Waals surface area contributed by atoms with E-state index in [-0.39, 0.29) is 39.6 Å². The molecule has 426 valence electrons. The second kappa shape index (κ2) is 36.6. The van der Waals surface area contributed by atoms with Crippen LogP contribution >= 0.6 is 71.4 Å². The van der Waals surface area contributed by atoms with Gasteiger partial charge >= 0.3 is 33.7 Å². The Kier molecular flexibility index (Phi) is 30.9. The summed E-state index contributed by atoms with van der Waals surface area (Å²) in [6.45, 7) is 0.0231. The Hall–Kier alpha value is -4.61. The average Bonchev–Trinajstić information content (AvgIpc) is 3.46. The van der Waals surface area contributed by atoms with Crippen molar-refractivity contribution < 1.29 is 113 Å². The van der Waals surface area contributed by atoms with Crippen LogP contribution in [0, 0.1) is 0 Å². The first-order valence-corrected chi connectivity index (χ1v) is 27.8. The molecule has 6 aromatic carbocycles. The maximum atomic E-state index is 13.1. The highest BCUT2D eigenvalue weighted by Gasteiger charge is 2.45. The number of hydrogen-bond donors (Lipinski definition) is 0. The second-order valence-corrected chi connectivity index (χ2v) is 20.6. The zero-order valence-corrected chi connectivity index (χ0v) is 45.1. The van der Waals surface area contributed by atoms with Crippen LogP contribution in [0.15, 0.2) is 132 Å². The molecule has 0 saturated heterocycles. The maximum absolute atomic E-state index is 13.1. The molecule has 0 aliphatic heterocycles. The van der Waals surface area contributed by atoms with Crippen molar-refractivity contribution in [3.8, 4) is 11.5 Å². The Balaban J connectivity index is 0.000000252. The molecule has 0 unspecified atom stereocenters. The summed E-state index contributed by atoms with van der Waals surface area (Å²) in [6.07, 6.45) is 0. The first-order valence-electron chi connectivity index (χ1n) is 22.2. The Labute approximate surface area is 466 Å². The molecule has 0 atom stereocenters. The molecule has 6 aromatic rings. The van der Waals surface area contributed by atoms with Gasteiger partial charge in [-0.05, 0) is 68.7 Å². The minimum atomic E-state index is -4.05. The molecule has 0 aliphatic rings. The van der Waals surface area contributed by atoms with Crippen LogP contribution in [0.5, 0.6) is 11.5 Å².